The number of halogens is 3. The van der Waals surface area contributed by atoms with Gasteiger partial charge in [0, 0.05) is 25.5 Å². The van der Waals surface area contributed by atoms with Crippen molar-refractivity contribution in [2.75, 3.05) is 20.8 Å². The van der Waals surface area contributed by atoms with E-state index in [2.05, 4.69) is 15.6 Å². The Bertz CT molecular complexity index is 1110. The van der Waals surface area contributed by atoms with Gasteiger partial charge < -0.3 is 29.4 Å². The largest absolute Gasteiger partial charge is 0.497 e. The average molecular weight is 492 g/mol. The highest BCUT2D eigenvalue weighted by atomic mass is 19.4. The second-order valence-corrected chi connectivity index (χ2v) is 7.79. The van der Waals surface area contributed by atoms with Crippen molar-refractivity contribution in [3.63, 3.8) is 0 Å². The molecule has 3 rings (SSSR count). The van der Waals surface area contributed by atoms with Crippen LogP contribution in [0.5, 0.6) is 17.2 Å². The number of nitrogens with one attached hydrogen (secondary N) is 2. The standard InChI is InChI=1S/C24H27F3N4O4/c1-15(16-5-7-18(8-6-16)35-14-24(25,26)27)29-23(32)30-21(22-28-9-10-31(22)2)17-11-19(33-3)13-20(12-17)34-4/h5-13,15,21H,14H2,1-4H3,(H2,29,30,32). The van der Waals surface area contributed by atoms with E-state index in [1.54, 1.807) is 54.2 Å². The highest BCUT2D eigenvalue weighted by molar-refractivity contribution is 5.75. The Hall–Kier alpha value is -3.89. The van der Waals surface area contributed by atoms with Crippen LogP contribution in [0.3, 0.4) is 0 Å². The first-order valence-corrected chi connectivity index (χ1v) is 10.7. The maximum Gasteiger partial charge on any atom is 0.422 e. The van der Waals surface area contributed by atoms with Crippen molar-refractivity contribution in [3.05, 3.63) is 71.8 Å². The first kappa shape index (κ1) is 25.7. The zero-order chi connectivity index (χ0) is 25.6. The van der Waals surface area contributed by atoms with Gasteiger partial charge in [0.25, 0.3) is 0 Å². The average Bonchev–Trinajstić information content (AvgIpc) is 3.26. The molecule has 3 aromatic rings. The number of nitrogens with zero attached hydrogens (tertiary/aromatic N) is 2. The Morgan fingerprint density at radius 2 is 1.63 bits per heavy atom. The van der Waals surface area contributed by atoms with Gasteiger partial charge in [-0.15, -0.1) is 0 Å². The number of amides is 2. The lowest BCUT2D eigenvalue weighted by atomic mass is 10.0. The Balaban J connectivity index is 1.74. The lowest BCUT2D eigenvalue weighted by Gasteiger charge is -2.22. The first-order chi connectivity index (χ1) is 16.6. The number of carbonyl (C=O) groups is 1. The molecule has 2 atom stereocenters. The normalized spacial score (nSPS) is 13.0. The van der Waals surface area contributed by atoms with Crippen LogP contribution in [0.4, 0.5) is 18.0 Å². The van der Waals surface area contributed by atoms with Gasteiger partial charge in [-0.3, -0.25) is 0 Å². The summed E-state index contributed by atoms with van der Waals surface area (Å²) in [4.78, 5) is 17.3. The predicted molar refractivity (Wildman–Crippen MR) is 123 cm³/mol. The van der Waals surface area contributed by atoms with Gasteiger partial charge in [-0.05, 0) is 42.3 Å². The SMILES string of the molecule is COc1cc(OC)cc(C(NC(=O)NC(C)c2ccc(OCC(F)(F)F)cc2)c2nccn2C)c1. The molecule has 11 heteroatoms. The number of methoxy groups -OCH3 is 2. The van der Waals surface area contributed by atoms with Crippen LogP contribution in [0.2, 0.25) is 0 Å². The van der Waals surface area contributed by atoms with E-state index in [9.17, 15) is 18.0 Å². The summed E-state index contributed by atoms with van der Waals surface area (Å²) in [5.74, 6) is 1.79. The van der Waals surface area contributed by atoms with Crippen molar-refractivity contribution in [2.45, 2.75) is 25.2 Å². The number of hydrogen-bond donors (Lipinski definition) is 2. The number of aryl methyl sites for hydroxylation is 1. The van der Waals surface area contributed by atoms with E-state index in [0.717, 1.165) is 0 Å². The van der Waals surface area contributed by atoms with Crippen molar-refractivity contribution < 1.29 is 32.2 Å². The van der Waals surface area contributed by atoms with Crippen LogP contribution < -0.4 is 24.8 Å². The molecule has 2 aromatic carbocycles. The van der Waals surface area contributed by atoms with Gasteiger partial charge in [-0.1, -0.05) is 12.1 Å². The van der Waals surface area contributed by atoms with Crippen molar-refractivity contribution in [2.24, 2.45) is 7.05 Å². The van der Waals surface area contributed by atoms with Gasteiger partial charge in [-0.25, -0.2) is 9.78 Å². The molecular formula is C24H27F3N4O4. The van der Waals surface area contributed by atoms with E-state index in [0.29, 0.717) is 28.5 Å². The Morgan fingerprint density at radius 3 is 2.14 bits per heavy atom. The molecule has 1 aromatic heterocycles. The highest BCUT2D eigenvalue weighted by Gasteiger charge is 2.28. The molecule has 2 unspecified atom stereocenters. The number of carbonyl (C=O) groups excluding carboxylic acids is 1. The van der Waals surface area contributed by atoms with Crippen molar-refractivity contribution in [1.29, 1.82) is 0 Å². The molecule has 2 N–H and O–H groups in total. The summed E-state index contributed by atoms with van der Waals surface area (Å²) in [7, 11) is 4.89. The zero-order valence-electron chi connectivity index (χ0n) is 19.7. The fourth-order valence-electron chi connectivity index (χ4n) is 3.42. The number of benzene rings is 2. The minimum atomic E-state index is -4.41. The fraction of sp³-hybridized carbons (Fsp3) is 0.333. The minimum absolute atomic E-state index is 0.0875. The number of rotatable bonds is 9. The predicted octanol–water partition coefficient (Wildman–Crippen LogP) is 4.53. The number of imidazole rings is 1. The first-order valence-electron chi connectivity index (χ1n) is 10.7. The summed E-state index contributed by atoms with van der Waals surface area (Å²) in [6.07, 6.45) is -1.02. The third-order valence-electron chi connectivity index (χ3n) is 5.23. The molecule has 0 spiro atoms. The lowest BCUT2D eigenvalue weighted by molar-refractivity contribution is -0.153. The van der Waals surface area contributed by atoms with E-state index in [1.165, 1.54) is 26.4 Å². The highest BCUT2D eigenvalue weighted by Crippen LogP contribution is 2.29. The summed E-state index contributed by atoms with van der Waals surface area (Å²) in [5.41, 5.74) is 1.39. The summed E-state index contributed by atoms with van der Waals surface area (Å²) in [5, 5.41) is 5.77. The Morgan fingerprint density at radius 1 is 1.00 bits per heavy atom. The Kier molecular flexibility index (Phi) is 8.10. The van der Waals surface area contributed by atoms with Crippen LogP contribution in [0.1, 0.15) is 36.0 Å². The number of urea groups is 1. The summed E-state index contributed by atoms with van der Waals surface area (Å²) >= 11 is 0. The van der Waals surface area contributed by atoms with Gasteiger partial charge >= 0.3 is 12.2 Å². The molecule has 2 amide bonds. The molecule has 35 heavy (non-hydrogen) atoms. The quantitative estimate of drug-likeness (QED) is 0.459. The molecule has 0 aliphatic carbocycles. The van der Waals surface area contributed by atoms with E-state index in [-0.39, 0.29) is 5.75 Å². The van der Waals surface area contributed by atoms with Crippen LogP contribution in [-0.2, 0) is 7.05 Å². The molecule has 0 bridgehead atoms. The summed E-state index contributed by atoms with van der Waals surface area (Å²) in [6, 6.07) is 9.81. The maximum absolute atomic E-state index is 12.9. The van der Waals surface area contributed by atoms with Crippen molar-refractivity contribution in [3.8, 4) is 17.2 Å². The monoisotopic (exact) mass is 492 g/mol. The van der Waals surface area contributed by atoms with Gasteiger partial charge in [0.2, 0.25) is 0 Å². The van der Waals surface area contributed by atoms with Crippen LogP contribution in [0.15, 0.2) is 54.9 Å². The van der Waals surface area contributed by atoms with Gasteiger partial charge in [-0.2, -0.15) is 13.2 Å². The van der Waals surface area contributed by atoms with Crippen LogP contribution in [0, 0.1) is 0 Å². The van der Waals surface area contributed by atoms with Crippen LogP contribution in [0.25, 0.3) is 0 Å². The van der Waals surface area contributed by atoms with Gasteiger partial charge in [0.05, 0.1) is 20.3 Å². The topological polar surface area (TPSA) is 86.6 Å². The Labute approximate surface area is 201 Å². The maximum atomic E-state index is 12.9. The smallest absolute Gasteiger partial charge is 0.422 e. The zero-order valence-corrected chi connectivity index (χ0v) is 19.7. The molecule has 1 heterocycles. The molecule has 8 nitrogen and oxygen atoms in total. The molecule has 0 aliphatic heterocycles. The number of ether oxygens (including phenoxy) is 3. The molecule has 0 saturated carbocycles. The molecule has 0 fully saturated rings. The van der Waals surface area contributed by atoms with Crippen LogP contribution >= 0.6 is 0 Å². The molecule has 0 aliphatic rings. The second kappa shape index (κ2) is 11.0. The van der Waals surface area contributed by atoms with Crippen molar-refractivity contribution >= 4 is 6.03 Å². The third kappa shape index (κ3) is 7.05. The van der Waals surface area contributed by atoms with Crippen molar-refractivity contribution in [1.82, 2.24) is 20.2 Å². The molecule has 0 radical (unpaired) electrons. The van der Waals surface area contributed by atoms with Gasteiger partial charge in [0.15, 0.2) is 6.61 Å². The minimum Gasteiger partial charge on any atom is -0.497 e. The molecule has 188 valence electrons. The number of aromatic nitrogens is 2. The van der Waals surface area contributed by atoms with E-state index in [4.69, 9.17) is 14.2 Å². The van der Waals surface area contributed by atoms with Crippen LogP contribution in [-0.4, -0.2) is 42.6 Å². The number of alkyl halides is 3. The summed E-state index contributed by atoms with van der Waals surface area (Å²) in [6.45, 7) is 0.391. The molecular weight excluding hydrogens is 465 g/mol. The van der Waals surface area contributed by atoms with Gasteiger partial charge in [0.1, 0.15) is 29.1 Å². The van der Waals surface area contributed by atoms with E-state index >= 15 is 0 Å². The second-order valence-electron chi connectivity index (χ2n) is 7.79. The third-order valence-corrected chi connectivity index (χ3v) is 5.23. The molecule has 0 saturated heterocycles. The van der Waals surface area contributed by atoms with E-state index in [1.807, 2.05) is 7.05 Å². The number of hydrogen-bond acceptors (Lipinski definition) is 5. The summed E-state index contributed by atoms with van der Waals surface area (Å²) < 4.78 is 54.2. The fourth-order valence-corrected chi connectivity index (χ4v) is 3.42. The van der Waals surface area contributed by atoms with E-state index < -0.39 is 30.9 Å². The lowest BCUT2D eigenvalue weighted by Crippen LogP contribution is -2.40.